The molecule has 1 rings (SSSR count). The summed E-state index contributed by atoms with van der Waals surface area (Å²) in [6, 6.07) is 6.51. The number of carboxylic acids is 1. The summed E-state index contributed by atoms with van der Waals surface area (Å²) >= 11 is 0. The molecule has 0 aliphatic rings. The fourth-order valence-electron chi connectivity index (χ4n) is 1.13. The molecule has 0 aliphatic carbocycles. The van der Waals surface area contributed by atoms with E-state index in [4.69, 9.17) is 4.74 Å². The van der Waals surface area contributed by atoms with E-state index in [1.807, 2.05) is 12.1 Å². The van der Waals surface area contributed by atoms with Gasteiger partial charge < -0.3 is 20.4 Å². The van der Waals surface area contributed by atoms with E-state index < -0.39 is 12.0 Å². The van der Waals surface area contributed by atoms with Crippen LogP contribution in [0.3, 0.4) is 0 Å². The molecule has 0 aromatic heterocycles. The molecule has 0 amide bonds. The molecule has 0 aliphatic heterocycles. The first-order chi connectivity index (χ1) is 6.63. The van der Waals surface area contributed by atoms with E-state index in [-0.39, 0.29) is 0 Å². The second-order valence-electron chi connectivity index (χ2n) is 3.07. The normalized spacial score (nSPS) is 12.1. The zero-order valence-corrected chi connectivity index (χ0v) is 8.03. The molecule has 1 aromatic carbocycles. The number of methoxy groups -OCH3 is 1. The van der Waals surface area contributed by atoms with Gasteiger partial charge in [-0.25, -0.2) is 0 Å². The first-order valence-corrected chi connectivity index (χ1v) is 4.30. The van der Waals surface area contributed by atoms with E-state index in [9.17, 15) is 9.90 Å². The van der Waals surface area contributed by atoms with Crippen molar-refractivity contribution in [1.82, 2.24) is 0 Å². The van der Waals surface area contributed by atoms with Crippen LogP contribution in [-0.2, 0) is 11.2 Å². The Kier molecular flexibility index (Phi) is 3.48. The van der Waals surface area contributed by atoms with Gasteiger partial charge in [-0.05, 0) is 17.7 Å². The van der Waals surface area contributed by atoms with Crippen LogP contribution in [-0.4, -0.2) is 19.1 Å². The molecular weight excluding hydrogens is 182 g/mol. The third-order valence-corrected chi connectivity index (χ3v) is 1.97. The summed E-state index contributed by atoms with van der Waals surface area (Å²) < 4.78 is 4.98. The molecule has 3 N–H and O–H groups in total. The van der Waals surface area contributed by atoms with E-state index in [1.165, 1.54) is 0 Å². The molecule has 0 heterocycles. The first-order valence-electron chi connectivity index (χ1n) is 4.30. The fraction of sp³-hybridized carbons (Fsp3) is 0.300. The second-order valence-corrected chi connectivity index (χ2v) is 3.07. The maximum atomic E-state index is 10.4. The quantitative estimate of drug-likeness (QED) is 0.641. The Bertz CT molecular complexity index is 308. The molecule has 0 spiro atoms. The van der Waals surface area contributed by atoms with Crippen molar-refractivity contribution < 1.29 is 20.4 Å². The van der Waals surface area contributed by atoms with Crippen LogP contribution in [0.2, 0.25) is 0 Å². The topological polar surface area (TPSA) is 77.0 Å². The maximum Gasteiger partial charge on any atom is 0.129 e. The van der Waals surface area contributed by atoms with Gasteiger partial charge in [0.15, 0.2) is 0 Å². The number of ether oxygens (including phenoxy) is 1. The summed E-state index contributed by atoms with van der Waals surface area (Å²) in [5, 5.41) is 10.4. The SMILES string of the molecule is COc1ccc(C[C@@H]([NH3+])C(=O)[O-])cc1. The number of quaternary nitrogens is 1. The highest BCUT2D eigenvalue weighted by molar-refractivity contribution is 5.69. The van der Waals surface area contributed by atoms with Crippen LogP contribution in [0, 0.1) is 0 Å². The summed E-state index contributed by atoms with van der Waals surface area (Å²) in [6.45, 7) is 0. The molecule has 0 saturated carbocycles. The van der Waals surface area contributed by atoms with E-state index in [2.05, 4.69) is 5.73 Å². The Morgan fingerprint density at radius 1 is 1.50 bits per heavy atom. The van der Waals surface area contributed by atoms with Crippen molar-refractivity contribution in [3.63, 3.8) is 0 Å². The number of hydrogen-bond acceptors (Lipinski definition) is 3. The van der Waals surface area contributed by atoms with Crippen LogP contribution in [0.1, 0.15) is 5.56 Å². The molecule has 14 heavy (non-hydrogen) atoms. The Labute approximate surface area is 82.3 Å². The molecule has 76 valence electrons. The van der Waals surface area contributed by atoms with Crippen molar-refractivity contribution in [2.75, 3.05) is 7.11 Å². The van der Waals surface area contributed by atoms with E-state index in [0.717, 1.165) is 11.3 Å². The Balaban J connectivity index is 2.64. The van der Waals surface area contributed by atoms with Crippen LogP contribution < -0.4 is 15.6 Å². The van der Waals surface area contributed by atoms with E-state index >= 15 is 0 Å². The lowest BCUT2D eigenvalue weighted by atomic mass is 10.1. The summed E-state index contributed by atoms with van der Waals surface area (Å²) in [6.07, 6.45) is 0.381. The van der Waals surface area contributed by atoms with Crippen LogP contribution in [0.5, 0.6) is 5.75 Å². The van der Waals surface area contributed by atoms with E-state index in [0.29, 0.717) is 6.42 Å². The minimum absolute atomic E-state index is 0.381. The zero-order valence-electron chi connectivity index (χ0n) is 8.03. The smallest absolute Gasteiger partial charge is 0.129 e. The average molecular weight is 195 g/mol. The van der Waals surface area contributed by atoms with Gasteiger partial charge >= 0.3 is 0 Å². The Hall–Kier alpha value is -1.55. The zero-order chi connectivity index (χ0) is 10.6. The van der Waals surface area contributed by atoms with Crippen molar-refractivity contribution in [3.8, 4) is 5.75 Å². The van der Waals surface area contributed by atoms with Crippen LogP contribution >= 0.6 is 0 Å². The van der Waals surface area contributed by atoms with Crippen molar-refractivity contribution in [2.45, 2.75) is 12.5 Å². The van der Waals surface area contributed by atoms with Crippen molar-refractivity contribution in [3.05, 3.63) is 29.8 Å². The third kappa shape index (κ3) is 2.74. The lowest BCUT2D eigenvalue weighted by Gasteiger charge is -2.09. The van der Waals surface area contributed by atoms with Gasteiger partial charge in [0.1, 0.15) is 11.8 Å². The predicted molar refractivity (Wildman–Crippen MR) is 48.4 cm³/mol. The van der Waals surface area contributed by atoms with Crippen LogP contribution in [0.4, 0.5) is 0 Å². The highest BCUT2D eigenvalue weighted by Crippen LogP contribution is 2.11. The minimum atomic E-state index is -1.12. The molecule has 4 heteroatoms. The van der Waals surface area contributed by atoms with Gasteiger partial charge in [0.25, 0.3) is 0 Å². The summed E-state index contributed by atoms with van der Waals surface area (Å²) in [4.78, 5) is 10.4. The first kappa shape index (κ1) is 10.5. The summed E-state index contributed by atoms with van der Waals surface area (Å²) in [5.41, 5.74) is 4.39. The van der Waals surface area contributed by atoms with Gasteiger partial charge in [0.05, 0.1) is 13.1 Å². The molecular formula is C10H13NO3. The summed E-state index contributed by atoms with van der Waals surface area (Å²) in [7, 11) is 1.58. The standard InChI is InChI=1S/C10H13NO3/c1-14-8-4-2-7(3-5-8)6-9(11)10(12)13/h2-5,9H,6,11H2,1H3,(H,12,13)/t9-/m1/s1. The Morgan fingerprint density at radius 2 is 2.07 bits per heavy atom. The number of benzene rings is 1. The molecule has 4 nitrogen and oxygen atoms in total. The lowest BCUT2D eigenvalue weighted by molar-refractivity contribution is -0.437. The van der Waals surface area contributed by atoms with Gasteiger partial charge in [-0.3, -0.25) is 0 Å². The number of carbonyl (C=O) groups is 1. The van der Waals surface area contributed by atoms with Gasteiger partial charge in [-0.1, -0.05) is 12.1 Å². The number of carbonyl (C=O) groups excluding carboxylic acids is 1. The Morgan fingerprint density at radius 3 is 2.50 bits per heavy atom. The van der Waals surface area contributed by atoms with Crippen LogP contribution in [0.25, 0.3) is 0 Å². The average Bonchev–Trinajstić information content (AvgIpc) is 2.19. The summed E-state index contributed by atoms with van der Waals surface area (Å²) in [5.74, 6) is -0.372. The molecule has 0 fully saturated rings. The number of aliphatic carboxylic acids is 1. The molecule has 0 radical (unpaired) electrons. The molecule has 1 atom stereocenters. The molecule has 1 aromatic rings. The lowest BCUT2D eigenvalue weighted by Crippen LogP contribution is -2.69. The largest absolute Gasteiger partial charge is 0.544 e. The molecule has 0 unspecified atom stereocenters. The second kappa shape index (κ2) is 4.62. The van der Waals surface area contributed by atoms with Crippen molar-refractivity contribution in [1.29, 1.82) is 0 Å². The maximum absolute atomic E-state index is 10.4. The van der Waals surface area contributed by atoms with Gasteiger partial charge in [0.2, 0.25) is 0 Å². The van der Waals surface area contributed by atoms with Crippen LogP contribution in [0.15, 0.2) is 24.3 Å². The van der Waals surface area contributed by atoms with Crippen molar-refractivity contribution in [2.24, 2.45) is 0 Å². The monoisotopic (exact) mass is 195 g/mol. The van der Waals surface area contributed by atoms with Gasteiger partial charge in [-0.2, -0.15) is 0 Å². The van der Waals surface area contributed by atoms with Gasteiger partial charge in [0, 0.05) is 6.42 Å². The highest BCUT2D eigenvalue weighted by Gasteiger charge is 2.07. The van der Waals surface area contributed by atoms with E-state index in [1.54, 1.807) is 19.2 Å². The minimum Gasteiger partial charge on any atom is -0.544 e. The highest BCUT2D eigenvalue weighted by atomic mass is 16.5. The molecule has 0 bridgehead atoms. The predicted octanol–water partition coefficient (Wildman–Crippen LogP) is -1.40. The fourth-order valence-corrected chi connectivity index (χ4v) is 1.13. The third-order valence-electron chi connectivity index (χ3n) is 1.97. The number of hydrogen-bond donors (Lipinski definition) is 1. The number of rotatable bonds is 4. The molecule has 0 saturated heterocycles. The van der Waals surface area contributed by atoms with Gasteiger partial charge in [-0.15, -0.1) is 0 Å². The number of carboxylic acid groups (broad SMARTS) is 1. The van der Waals surface area contributed by atoms with Crippen molar-refractivity contribution >= 4 is 5.97 Å².